The Morgan fingerprint density at radius 1 is 1.00 bits per heavy atom. The SMILES string of the molecule is COC(=O)C1C2C=CC(C1C(=O)OC)N(C=Cc1ccccc1)C2=O. The number of carbonyl (C=O) groups is 3. The Morgan fingerprint density at radius 2 is 1.64 bits per heavy atom. The lowest BCUT2D eigenvalue weighted by Crippen LogP contribution is -2.60. The molecule has 4 unspecified atom stereocenters. The number of ether oxygens (including phenoxy) is 2. The summed E-state index contributed by atoms with van der Waals surface area (Å²) in [4.78, 5) is 38.7. The lowest BCUT2D eigenvalue weighted by molar-refractivity contribution is -0.170. The molecule has 0 aromatic heterocycles. The van der Waals surface area contributed by atoms with Crippen LogP contribution in [0.2, 0.25) is 0 Å². The van der Waals surface area contributed by atoms with Gasteiger partial charge in [-0.15, -0.1) is 0 Å². The van der Waals surface area contributed by atoms with Gasteiger partial charge in [-0.05, 0) is 11.6 Å². The molecule has 0 saturated carbocycles. The summed E-state index contributed by atoms with van der Waals surface area (Å²) in [6.07, 6.45) is 6.92. The van der Waals surface area contributed by atoms with Crippen LogP contribution in [0.3, 0.4) is 0 Å². The van der Waals surface area contributed by atoms with E-state index in [0.717, 1.165) is 5.56 Å². The highest BCUT2D eigenvalue weighted by Gasteiger charge is 2.56. The summed E-state index contributed by atoms with van der Waals surface area (Å²) in [6.45, 7) is 0. The average Bonchev–Trinajstić information content (AvgIpc) is 2.66. The number of esters is 2. The van der Waals surface area contributed by atoms with E-state index in [-0.39, 0.29) is 5.91 Å². The molecule has 2 heterocycles. The summed E-state index contributed by atoms with van der Waals surface area (Å²) in [6, 6.07) is 8.95. The molecule has 130 valence electrons. The van der Waals surface area contributed by atoms with E-state index in [4.69, 9.17) is 9.47 Å². The van der Waals surface area contributed by atoms with E-state index < -0.39 is 35.7 Å². The van der Waals surface area contributed by atoms with Crippen molar-refractivity contribution in [2.24, 2.45) is 17.8 Å². The number of hydrogen-bond acceptors (Lipinski definition) is 5. The quantitative estimate of drug-likeness (QED) is 0.615. The number of amides is 1. The van der Waals surface area contributed by atoms with Crippen LogP contribution in [0.1, 0.15) is 5.56 Å². The molecule has 0 radical (unpaired) electrons. The predicted molar refractivity (Wildman–Crippen MR) is 89.8 cm³/mol. The van der Waals surface area contributed by atoms with Crippen molar-refractivity contribution < 1.29 is 23.9 Å². The van der Waals surface area contributed by atoms with Gasteiger partial charge in [0.25, 0.3) is 0 Å². The highest BCUT2D eigenvalue weighted by atomic mass is 16.5. The molecule has 6 nitrogen and oxygen atoms in total. The number of hydrogen-bond donors (Lipinski definition) is 0. The van der Waals surface area contributed by atoms with Crippen molar-refractivity contribution in [3.63, 3.8) is 0 Å². The maximum Gasteiger partial charge on any atom is 0.312 e. The first-order valence-corrected chi connectivity index (χ1v) is 7.98. The molecule has 6 heteroatoms. The van der Waals surface area contributed by atoms with Crippen molar-refractivity contribution in [1.29, 1.82) is 0 Å². The van der Waals surface area contributed by atoms with Crippen molar-refractivity contribution in [3.05, 3.63) is 54.2 Å². The topological polar surface area (TPSA) is 72.9 Å². The number of piperidine rings is 1. The Balaban J connectivity index is 1.94. The van der Waals surface area contributed by atoms with Gasteiger partial charge in [0, 0.05) is 6.20 Å². The van der Waals surface area contributed by atoms with Gasteiger partial charge < -0.3 is 14.4 Å². The van der Waals surface area contributed by atoms with Crippen LogP contribution in [0.25, 0.3) is 6.08 Å². The first kappa shape index (κ1) is 17.0. The summed E-state index contributed by atoms with van der Waals surface area (Å²) in [5, 5.41) is 0. The van der Waals surface area contributed by atoms with Crippen LogP contribution < -0.4 is 0 Å². The maximum atomic E-state index is 12.8. The van der Waals surface area contributed by atoms with Crippen LogP contribution in [-0.4, -0.2) is 43.0 Å². The minimum Gasteiger partial charge on any atom is -0.469 e. The molecular formula is C19H19NO5. The Bertz CT molecular complexity index is 739. The number of nitrogens with zero attached hydrogens (tertiary/aromatic N) is 1. The van der Waals surface area contributed by atoms with E-state index in [2.05, 4.69) is 0 Å². The van der Waals surface area contributed by atoms with Gasteiger partial charge in [0.2, 0.25) is 5.91 Å². The lowest BCUT2D eigenvalue weighted by atomic mass is 9.68. The molecule has 25 heavy (non-hydrogen) atoms. The van der Waals surface area contributed by atoms with Gasteiger partial charge in [-0.25, -0.2) is 0 Å². The van der Waals surface area contributed by atoms with E-state index >= 15 is 0 Å². The number of methoxy groups -OCH3 is 2. The number of rotatable bonds is 4. The van der Waals surface area contributed by atoms with E-state index in [9.17, 15) is 14.4 Å². The van der Waals surface area contributed by atoms with Crippen LogP contribution in [-0.2, 0) is 23.9 Å². The first-order valence-electron chi connectivity index (χ1n) is 7.98. The molecule has 0 N–H and O–H groups in total. The van der Waals surface area contributed by atoms with Gasteiger partial charge in [-0.3, -0.25) is 14.4 Å². The van der Waals surface area contributed by atoms with Gasteiger partial charge in [0.1, 0.15) is 0 Å². The number of benzene rings is 1. The fourth-order valence-electron chi connectivity index (χ4n) is 3.48. The minimum atomic E-state index is -0.860. The zero-order valence-corrected chi connectivity index (χ0v) is 14.0. The third-order valence-corrected chi connectivity index (χ3v) is 4.69. The van der Waals surface area contributed by atoms with Gasteiger partial charge in [-0.2, -0.15) is 0 Å². The number of carbonyl (C=O) groups excluding carboxylic acids is 3. The normalized spacial score (nSPS) is 27.6. The maximum absolute atomic E-state index is 12.8. The Labute approximate surface area is 145 Å². The third-order valence-electron chi connectivity index (χ3n) is 4.69. The molecule has 2 bridgehead atoms. The lowest BCUT2D eigenvalue weighted by Gasteiger charge is -2.46. The molecule has 2 aliphatic heterocycles. The molecule has 0 spiro atoms. The van der Waals surface area contributed by atoms with Gasteiger partial charge in [0.05, 0.1) is 38.0 Å². The van der Waals surface area contributed by atoms with Crippen LogP contribution in [0.4, 0.5) is 0 Å². The van der Waals surface area contributed by atoms with Crippen molar-refractivity contribution in [2.75, 3.05) is 14.2 Å². The summed E-state index contributed by atoms with van der Waals surface area (Å²) in [5.74, 6) is -3.71. The second-order valence-corrected chi connectivity index (χ2v) is 5.97. The monoisotopic (exact) mass is 341 g/mol. The van der Waals surface area contributed by atoms with E-state index in [0.29, 0.717) is 0 Å². The van der Waals surface area contributed by atoms with Crippen molar-refractivity contribution >= 4 is 23.9 Å². The summed E-state index contributed by atoms with van der Waals surface area (Å²) < 4.78 is 9.68. The first-order chi connectivity index (χ1) is 12.1. The van der Waals surface area contributed by atoms with Gasteiger partial charge >= 0.3 is 11.9 Å². The molecule has 1 aromatic rings. The molecule has 3 aliphatic rings. The Hall–Kier alpha value is -2.89. The van der Waals surface area contributed by atoms with Crippen LogP contribution in [0.15, 0.2) is 48.7 Å². The highest BCUT2D eigenvalue weighted by Crippen LogP contribution is 2.41. The van der Waals surface area contributed by atoms with Gasteiger partial charge in [0.15, 0.2) is 0 Å². The molecule has 1 aliphatic carbocycles. The van der Waals surface area contributed by atoms with E-state index in [1.54, 1.807) is 24.4 Å². The Kier molecular flexibility index (Phi) is 4.70. The van der Waals surface area contributed by atoms with Crippen LogP contribution in [0, 0.1) is 17.8 Å². The van der Waals surface area contributed by atoms with E-state index in [1.807, 2.05) is 30.3 Å². The highest BCUT2D eigenvalue weighted by molar-refractivity contribution is 5.95. The second-order valence-electron chi connectivity index (χ2n) is 5.97. The molecule has 4 rings (SSSR count). The molecular weight excluding hydrogens is 322 g/mol. The molecule has 4 atom stereocenters. The third kappa shape index (κ3) is 2.95. The smallest absolute Gasteiger partial charge is 0.312 e. The summed E-state index contributed by atoms with van der Waals surface area (Å²) in [5.41, 5.74) is 0.930. The largest absolute Gasteiger partial charge is 0.469 e. The fourth-order valence-corrected chi connectivity index (χ4v) is 3.48. The van der Waals surface area contributed by atoms with Gasteiger partial charge in [-0.1, -0.05) is 42.5 Å². The Morgan fingerprint density at radius 3 is 2.28 bits per heavy atom. The van der Waals surface area contributed by atoms with Crippen molar-refractivity contribution in [2.45, 2.75) is 6.04 Å². The summed E-state index contributed by atoms with van der Waals surface area (Å²) in [7, 11) is 2.52. The predicted octanol–water partition coefficient (Wildman–Crippen LogP) is 1.63. The van der Waals surface area contributed by atoms with Crippen molar-refractivity contribution in [1.82, 2.24) is 4.90 Å². The average molecular weight is 341 g/mol. The summed E-state index contributed by atoms with van der Waals surface area (Å²) >= 11 is 0. The zero-order chi connectivity index (χ0) is 18.0. The molecule has 1 fully saturated rings. The second kappa shape index (κ2) is 6.93. The fraction of sp³-hybridized carbons (Fsp3) is 0.316. The zero-order valence-electron chi connectivity index (χ0n) is 14.0. The van der Waals surface area contributed by atoms with E-state index in [1.165, 1.54) is 19.1 Å². The molecule has 1 saturated heterocycles. The van der Waals surface area contributed by atoms with Crippen LogP contribution in [0.5, 0.6) is 0 Å². The van der Waals surface area contributed by atoms with Crippen molar-refractivity contribution in [3.8, 4) is 0 Å². The standard InChI is InChI=1S/C19H19NO5/c1-24-18(22)15-13-8-9-14(16(15)19(23)25-2)20(17(13)21)11-10-12-6-4-3-5-7-12/h3-11,13-16H,1-2H3. The molecule has 1 aromatic carbocycles. The van der Waals surface area contributed by atoms with Crippen LogP contribution >= 0.6 is 0 Å². The minimum absolute atomic E-state index is 0.227. The molecule has 1 amide bonds. The number of fused-ring (bicyclic) bond motifs is 2.